The Hall–Kier alpha value is -3.02. The van der Waals surface area contributed by atoms with Crippen LogP contribution in [0.3, 0.4) is 0 Å². The van der Waals surface area contributed by atoms with Gasteiger partial charge in [-0.1, -0.05) is 24.3 Å². The second-order valence-electron chi connectivity index (χ2n) is 8.81. The molecule has 0 saturated carbocycles. The molecular formula is C28H39N3O7. The van der Waals surface area contributed by atoms with Gasteiger partial charge in [0.25, 0.3) is 5.91 Å². The van der Waals surface area contributed by atoms with E-state index in [1.165, 1.54) is 26.4 Å². The lowest BCUT2D eigenvalue weighted by molar-refractivity contribution is -0.179. The molecule has 2 aromatic rings. The highest BCUT2D eigenvalue weighted by Gasteiger charge is 2.24. The molecule has 2 aliphatic heterocycles. The van der Waals surface area contributed by atoms with Gasteiger partial charge in [0.2, 0.25) is 0 Å². The van der Waals surface area contributed by atoms with E-state index >= 15 is 0 Å². The number of carbonyl (C=O) groups is 2. The summed E-state index contributed by atoms with van der Waals surface area (Å²) in [5, 5.41) is 1.17. The van der Waals surface area contributed by atoms with E-state index in [-0.39, 0.29) is 5.91 Å². The van der Waals surface area contributed by atoms with Gasteiger partial charge in [-0.15, -0.1) is 0 Å². The third-order valence-electron chi connectivity index (χ3n) is 6.59. The number of methoxy groups -OCH3 is 2. The van der Waals surface area contributed by atoms with E-state index in [9.17, 15) is 9.59 Å². The minimum Gasteiger partial charge on any atom is -0.378 e. The van der Waals surface area contributed by atoms with Gasteiger partial charge in [-0.25, -0.2) is 5.06 Å². The van der Waals surface area contributed by atoms with Crippen LogP contribution in [-0.2, 0) is 33.4 Å². The van der Waals surface area contributed by atoms with E-state index in [1.54, 1.807) is 7.05 Å². The maximum atomic E-state index is 12.1. The third-order valence-corrected chi connectivity index (χ3v) is 6.59. The summed E-state index contributed by atoms with van der Waals surface area (Å²) in [6.45, 7) is 6.66. The Labute approximate surface area is 224 Å². The van der Waals surface area contributed by atoms with Crippen LogP contribution in [0.15, 0.2) is 48.5 Å². The summed E-state index contributed by atoms with van der Waals surface area (Å²) in [5.41, 5.74) is 3.99. The molecule has 38 heavy (non-hydrogen) atoms. The second-order valence-corrected chi connectivity index (χ2v) is 8.81. The number of hydrogen-bond acceptors (Lipinski definition) is 9. The minimum absolute atomic E-state index is 0.237. The van der Waals surface area contributed by atoms with Crippen molar-refractivity contribution in [2.24, 2.45) is 0 Å². The molecule has 0 aromatic heterocycles. The van der Waals surface area contributed by atoms with Gasteiger partial charge in [-0.2, -0.15) is 0 Å². The van der Waals surface area contributed by atoms with Crippen molar-refractivity contribution < 1.29 is 33.4 Å². The Kier molecular flexibility index (Phi) is 12.0. The van der Waals surface area contributed by atoms with Crippen molar-refractivity contribution in [2.75, 3.05) is 90.8 Å². The van der Waals surface area contributed by atoms with Crippen LogP contribution in [0.4, 0.5) is 11.4 Å². The third kappa shape index (κ3) is 7.99. The van der Waals surface area contributed by atoms with E-state index in [0.717, 1.165) is 81.4 Å². The molecule has 2 aliphatic rings. The van der Waals surface area contributed by atoms with Crippen molar-refractivity contribution in [1.29, 1.82) is 0 Å². The van der Waals surface area contributed by atoms with E-state index in [4.69, 9.17) is 23.8 Å². The topological polar surface area (TPSA) is 90.0 Å². The number of amides is 1. The normalized spacial score (nSPS) is 17.2. The van der Waals surface area contributed by atoms with E-state index < -0.39 is 12.2 Å². The zero-order valence-corrected chi connectivity index (χ0v) is 22.7. The first kappa shape index (κ1) is 29.5. The van der Waals surface area contributed by atoms with E-state index in [2.05, 4.69) is 9.80 Å². The molecule has 1 amide bonds. The fourth-order valence-corrected chi connectivity index (χ4v) is 4.28. The number of hydrogen-bond donors (Lipinski definition) is 0. The first-order valence-electron chi connectivity index (χ1n) is 12.7. The lowest BCUT2D eigenvalue weighted by Crippen LogP contribution is -2.36. The second kappa shape index (κ2) is 15.4. The molecule has 2 saturated heterocycles. The van der Waals surface area contributed by atoms with Crippen molar-refractivity contribution in [1.82, 2.24) is 5.06 Å². The van der Waals surface area contributed by atoms with Crippen LogP contribution in [0, 0.1) is 0 Å². The Morgan fingerprint density at radius 1 is 0.789 bits per heavy atom. The molecule has 2 aromatic carbocycles. The first-order valence-corrected chi connectivity index (χ1v) is 12.7. The monoisotopic (exact) mass is 529 g/mol. The number of morpholine rings is 2. The molecule has 2 heterocycles. The predicted octanol–water partition coefficient (Wildman–Crippen LogP) is 2.64. The molecule has 2 fully saturated rings. The minimum atomic E-state index is -0.659. The number of carbonyl (C=O) groups excluding carboxylic acids is 2. The maximum Gasteiger partial charge on any atom is 0.279 e. The number of benzene rings is 2. The first-order chi connectivity index (χ1) is 18.5. The summed E-state index contributed by atoms with van der Waals surface area (Å²) in [6, 6.07) is 15.8. The number of aldehydes is 1. The molecule has 2 unspecified atom stereocenters. The summed E-state index contributed by atoms with van der Waals surface area (Å²) in [5.74, 6) is -0.237. The average molecular weight is 530 g/mol. The molecule has 0 radical (unpaired) electrons. The zero-order valence-electron chi connectivity index (χ0n) is 22.7. The van der Waals surface area contributed by atoms with Crippen LogP contribution in [0.25, 0.3) is 0 Å². The van der Waals surface area contributed by atoms with Gasteiger partial charge in [0.1, 0.15) is 6.10 Å². The highest BCUT2D eigenvalue weighted by atomic mass is 16.7. The maximum absolute atomic E-state index is 12.1. The highest BCUT2D eigenvalue weighted by Crippen LogP contribution is 2.24. The fourth-order valence-electron chi connectivity index (χ4n) is 4.28. The number of ether oxygens (including phenoxy) is 4. The van der Waals surface area contributed by atoms with Gasteiger partial charge in [0.05, 0.1) is 33.5 Å². The van der Waals surface area contributed by atoms with Gasteiger partial charge in [-0.3, -0.25) is 9.63 Å². The summed E-state index contributed by atoms with van der Waals surface area (Å²) < 4.78 is 21.0. The molecule has 208 valence electrons. The average Bonchev–Trinajstić information content (AvgIpc) is 2.99. The van der Waals surface area contributed by atoms with Crippen LogP contribution >= 0.6 is 0 Å². The molecular weight excluding hydrogens is 490 g/mol. The van der Waals surface area contributed by atoms with Crippen molar-refractivity contribution in [3.05, 3.63) is 59.7 Å². The molecule has 0 aliphatic carbocycles. The largest absolute Gasteiger partial charge is 0.378 e. The van der Waals surface area contributed by atoms with Crippen LogP contribution in [0.5, 0.6) is 0 Å². The Morgan fingerprint density at radius 2 is 1.24 bits per heavy atom. The molecule has 0 spiro atoms. The van der Waals surface area contributed by atoms with Crippen LogP contribution in [-0.4, -0.2) is 98.2 Å². The van der Waals surface area contributed by atoms with Gasteiger partial charge in [-0.05, 0) is 35.4 Å². The Morgan fingerprint density at radius 3 is 1.61 bits per heavy atom. The van der Waals surface area contributed by atoms with E-state index in [1.807, 2.05) is 48.5 Å². The number of rotatable bonds is 9. The Balaban J connectivity index is 0.000000215. The quantitative estimate of drug-likeness (QED) is 0.359. The van der Waals surface area contributed by atoms with E-state index in [0.29, 0.717) is 0 Å². The smallest absolute Gasteiger partial charge is 0.279 e. The zero-order chi connectivity index (χ0) is 27.3. The fraction of sp³-hybridized carbons (Fsp3) is 0.500. The Bertz CT molecular complexity index is 975. The van der Waals surface area contributed by atoms with Gasteiger partial charge >= 0.3 is 0 Å². The highest BCUT2D eigenvalue weighted by molar-refractivity contribution is 5.81. The lowest BCUT2D eigenvalue weighted by atomic mass is 10.1. The van der Waals surface area contributed by atoms with Gasteiger partial charge in [0, 0.05) is 58.8 Å². The van der Waals surface area contributed by atoms with Crippen molar-refractivity contribution in [3.8, 4) is 0 Å². The van der Waals surface area contributed by atoms with Crippen molar-refractivity contribution >= 4 is 23.6 Å². The molecule has 4 rings (SSSR count). The number of hydroxylamine groups is 2. The molecule has 10 nitrogen and oxygen atoms in total. The van der Waals surface area contributed by atoms with Gasteiger partial charge in [0.15, 0.2) is 12.4 Å². The standard InChI is InChI=1S/C15H22N2O4.C13H17NO3/c1-16(20-3)15(18)14(19-2)12-4-6-13(7-5-12)17-8-10-21-11-9-17;1-16-13(10-15)11-2-4-12(5-3-11)14-6-8-17-9-7-14/h4-7,14H,8-11H2,1-3H3;2-5,10,13H,6-9H2,1H3. The lowest BCUT2D eigenvalue weighted by Gasteiger charge is -2.29. The number of nitrogens with zero attached hydrogens (tertiary/aromatic N) is 3. The molecule has 2 atom stereocenters. The molecule has 0 bridgehead atoms. The van der Waals surface area contributed by atoms with Crippen LogP contribution < -0.4 is 9.80 Å². The summed E-state index contributed by atoms with van der Waals surface area (Å²) in [6.07, 6.45) is -0.313. The summed E-state index contributed by atoms with van der Waals surface area (Å²) in [7, 11) is 6.07. The van der Waals surface area contributed by atoms with Crippen LogP contribution in [0.1, 0.15) is 23.3 Å². The van der Waals surface area contributed by atoms with Crippen molar-refractivity contribution in [2.45, 2.75) is 12.2 Å². The van der Waals surface area contributed by atoms with Gasteiger partial charge < -0.3 is 33.5 Å². The summed E-state index contributed by atoms with van der Waals surface area (Å²) in [4.78, 5) is 32.4. The number of anilines is 2. The molecule has 0 N–H and O–H groups in total. The predicted molar refractivity (Wildman–Crippen MR) is 144 cm³/mol. The van der Waals surface area contributed by atoms with Crippen molar-refractivity contribution in [3.63, 3.8) is 0 Å². The SMILES string of the molecule is COC(C(=O)N(C)OC)c1ccc(N2CCOCC2)cc1.COC(C=O)c1ccc(N2CCOCC2)cc1. The number of likely N-dealkylation sites (N-methyl/N-ethyl adjacent to an activating group) is 1. The molecule has 10 heteroatoms. The van der Waals surface area contributed by atoms with Crippen LogP contribution in [0.2, 0.25) is 0 Å². The summed E-state index contributed by atoms with van der Waals surface area (Å²) >= 11 is 0.